The third-order valence-corrected chi connectivity index (χ3v) is 1.43. The summed E-state index contributed by atoms with van der Waals surface area (Å²) in [6.45, 7) is 0. The Hall–Kier alpha value is -1.89. The number of amides is 1. The van der Waals surface area contributed by atoms with Gasteiger partial charge in [0.2, 0.25) is 5.82 Å². The van der Waals surface area contributed by atoms with Crippen molar-refractivity contribution in [3.8, 4) is 0 Å². The number of nitrogens with two attached hydrogens (primary N) is 1. The van der Waals surface area contributed by atoms with Gasteiger partial charge in [-0.3, -0.25) is 4.79 Å². The number of aliphatic hydroxyl groups is 1. The molecule has 0 atom stereocenters. The van der Waals surface area contributed by atoms with Gasteiger partial charge in [0.1, 0.15) is 5.82 Å². The maximum Gasteiger partial charge on any atom is 0.289 e. The minimum Gasteiger partial charge on any atom is -0.400 e. The molecule has 0 aliphatic carbocycles. The van der Waals surface area contributed by atoms with Crippen LogP contribution in [-0.2, 0) is 0 Å². The standard InChI is InChI=1S/C7H4F2N2O2.CH4O/c8-4-2-5(9)6(11-13)1-3(4)7(10)12;1-2/h1-2H,(H2,10,12);2H,1H3/p+1. The highest BCUT2D eigenvalue weighted by molar-refractivity contribution is 5.93. The van der Waals surface area contributed by atoms with E-state index >= 15 is 0 Å². The predicted octanol–water partition coefficient (Wildman–Crippen LogP) is -0.849. The summed E-state index contributed by atoms with van der Waals surface area (Å²) in [5.41, 5.74) is 3.71. The van der Waals surface area contributed by atoms with Crippen LogP contribution in [0.4, 0.5) is 14.5 Å². The maximum absolute atomic E-state index is 12.7. The molecule has 0 radical (unpaired) electrons. The Kier molecular flexibility index (Phi) is 5.03. The first-order chi connectivity index (χ1) is 7.06. The molecule has 0 aromatic heterocycles. The van der Waals surface area contributed by atoms with Gasteiger partial charge in [0, 0.05) is 29.3 Å². The lowest BCUT2D eigenvalue weighted by atomic mass is 10.2. The molecule has 0 saturated heterocycles. The first-order valence-electron chi connectivity index (χ1n) is 3.68. The quantitative estimate of drug-likeness (QED) is 0.604. The summed E-state index contributed by atoms with van der Waals surface area (Å²) in [4.78, 5) is 20.6. The van der Waals surface area contributed by atoms with Crippen LogP contribution in [0.3, 0.4) is 0 Å². The molecule has 0 saturated carbocycles. The number of halogens is 2. The van der Waals surface area contributed by atoms with Gasteiger partial charge in [0.05, 0.1) is 5.56 Å². The number of benzene rings is 1. The topological polar surface area (TPSA) is 94.4 Å². The summed E-state index contributed by atoms with van der Waals surface area (Å²) in [5, 5.41) is 8.22. The molecule has 0 unspecified atom stereocenters. The van der Waals surface area contributed by atoms with Crippen molar-refractivity contribution >= 4 is 11.6 Å². The minimum atomic E-state index is -1.09. The fourth-order valence-electron chi connectivity index (χ4n) is 0.816. The third kappa shape index (κ3) is 3.06. The number of rotatable bonds is 2. The van der Waals surface area contributed by atoms with E-state index in [1.807, 2.05) is 0 Å². The van der Waals surface area contributed by atoms with E-state index in [4.69, 9.17) is 10.8 Å². The van der Waals surface area contributed by atoms with E-state index in [2.05, 4.69) is 0 Å². The summed E-state index contributed by atoms with van der Waals surface area (Å²) in [6.07, 6.45) is 0. The molecular formula is C8H9F2N2O3+. The molecular weight excluding hydrogens is 210 g/mol. The normalized spacial score (nSPS) is 8.80. The molecule has 0 bridgehead atoms. The van der Waals surface area contributed by atoms with E-state index in [-0.39, 0.29) is 0 Å². The average molecular weight is 219 g/mol. The average Bonchev–Trinajstić information content (AvgIpc) is 2.20. The molecule has 1 aromatic carbocycles. The molecule has 1 amide bonds. The van der Waals surface area contributed by atoms with Gasteiger partial charge in [-0.15, -0.1) is 0 Å². The molecule has 0 aliphatic rings. The Morgan fingerprint density at radius 2 is 1.87 bits per heavy atom. The Morgan fingerprint density at radius 1 is 1.33 bits per heavy atom. The van der Waals surface area contributed by atoms with Crippen LogP contribution in [-0.4, -0.2) is 18.1 Å². The van der Waals surface area contributed by atoms with Crippen LogP contribution >= 0.6 is 0 Å². The summed E-state index contributed by atoms with van der Waals surface area (Å²) in [5.74, 6) is -3.23. The van der Waals surface area contributed by atoms with E-state index in [9.17, 15) is 18.5 Å². The van der Waals surface area contributed by atoms with Crippen LogP contribution in [0.15, 0.2) is 12.1 Å². The fraction of sp³-hybridized carbons (Fsp3) is 0.125. The van der Waals surface area contributed by atoms with Gasteiger partial charge < -0.3 is 10.8 Å². The van der Waals surface area contributed by atoms with Crippen LogP contribution in [0.25, 0.3) is 0 Å². The minimum absolute atomic E-state index is 0.417. The van der Waals surface area contributed by atoms with Gasteiger partial charge in [-0.05, 0) is 0 Å². The van der Waals surface area contributed by atoms with Gasteiger partial charge >= 0.3 is 0 Å². The highest BCUT2D eigenvalue weighted by Crippen LogP contribution is 2.14. The number of aliphatic hydroxyl groups excluding tert-OH is 1. The number of primary amides is 1. The molecule has 82 valence electrons. The van der Waals surface area contributed by atoms with Gasteiger partial charge in [-0.1, -0.05) is 0 Å². The number of nitroso groups, excluding NO2 is 1. The van der Waals surface area contributed by atoms with Gasteiger partial charge in [0.15, 0.2) is 0 Å². The van der Waals surface area contributed by atoms with E-state index in [0.717, 1.165) is 13.2 Å². The predicted molar refractivity (Wildman–Crippen MR) is 47.0 cm³/mol. The SMILES string of the molecule is CO.NC(=O)c1cc([NH+]=O)c(F)cc1F. The molecule has 0 aliphatic heterocycles. The lowest BCUT2D eigenvalue weighted by Gasteiger charge is -1.96. The molecule has 0 heterocycles. The van der Waals surface area contributed by atoms with E-state index in [1.165, 1.54) is 5.18 Å². The molecule has 0 spiro atoms. The summed E-state index contributed by atoms with van der Waals surface area (Å²) in [6, 6.07) is 1.14. The van der Waals surface area contributed by atoms with Crippen molar-refractivity contribution in [2.24, 2.45) is 5.73 Å². The van der Waals surface area contributed by atoms with E-state index in [1.54, 1.807) is 0 Å². The largest absolute Gasteiger partial charge is 0.400 e. The summed E-state index contributed by atoms with van der Waals surface area (Å²) >= 11 is 0. The Balaban J connectivity index is 0.000000921. The Bertz CT molecular complexity index is 382. The number of nitrogens with one attached hydrogen (secondary N) is 1. The van der Waals surface area contributed by atoms with Gasteiger partial charge in [0.25, 0.3) is 11.6 Å². The van der Waals surface area contributed by atoms with Crippen LogP contribution in [0.5, 0.6) is 0 Å². The first-order valence-corrected chi connectivity index (χ1v) is 3.68. The zero-order valence-corrected chi connectivity index (χ0v) is 7.75. The van der Waals surface area contributed by atoms with Crippen molar-refractivity contribution in [2.75, 3.05) is 7.11 Å². The second kappa shape index (κ2) is 5.76. The number of carbonyl (C=O) groups is 1. The monoisotopic (exact) mass is 219 g/mol. The van der Waals surface area contributed by atoms with Crippen LogP contribution < -0.4 is 10.9 Å². The zero-order valence-electron chi connectivity index (χ0n) is 7.75. The number of hydrogen-bond donors (Lipinski definition) is 3. The lowest BCUT2D eigenvalue weighted by Crippen LogP contribution is -2.56. The zero-order chi connectivity index (χ0) is 12.0. The van der Waals surface area contributed by atoms with Crippen molar-refractivity contribution in [3.63, 3.8) is 0 Å². The smallest absolute Gasteiger partial charge is 0.289 e. The fourth-order valence-corrected chi connectivity index (χ4v) is 0.816. The molecule has 1 aromatic rings. The number of hydrogen-bond acceptors (Lipinski definition) is 3. The van der Waals surface area contributed by atoms with Gasteiger partial charge in [-0.25, -0.2) is 4.39 Å². The number of carbonyl (C=O) groups excluding carboxylic acids is 1. The van der Waals surface area contributed by atoms with Crippen molar-refractivity contribution < 1.29 is 23.9 Å². The van der Waals surface area contributed by atoms with Crippen molar-refractivity contribution in [1.82, 2.24) is 0 Å². The molecule has 15 heavy (non-hydrogen) atoms. The molecule has 5 nitrogen and oxygen atoms in total. The Morgan fingerprint density at radius 3 is 2.27 bits per heavy atom. The van der Waals surface area contributed by atoms with Crippen molar-refractivity contribution in [1.29, 1.82) is 0 Å². The summed E-state index contributed by atoms with van der Waals surface area (Å²) in [7, 11) is 1.00. The molecule has 0 fully saturated rings. The second-order valence-corrected chi connectivity index (χ2v) is 2.28. The first kappa shape index (κ1) is 13.1. The second-order valence-electron chi connectivity index (χ2n) is 2.28. The van der Waals surface area contributed by atoms with Crippen LogP contribution in [0.2, 0.25) is 0 Å². The van der Waals surface area contributed by atoms with Gasteiger partial charge in [-0.2, -0.15) is 4.39 Å². The molecule has 1 rings (SSSR count). The van der Waals surface area contributed by atoms with Crippen LogP contribution in [0, 0.1) is 16.5 Å². The Labute approximate surface area is 83.5 Å². The molecule has 4 N–H and O–H groups in total. The van der Waals surface area contributed by atoms with Crippen LogP contribution in [0.1, 0.15) is 10.4 Å². The van der Waals surface area contributed by atoms with E-state index in [0.29, 0.717) is 6.07 Å². The third-order valence-electron chi connectivity index (χ3n) is 1.43. The highest BCUT2D eigenvalue weighted by Gasteiger charge is 2.17. The summed E-state index contributed by atoms with van der Waals surface area (Å²) < 4.78 is 25.4. The van der Waals surface area contributed by atoms with Crippen molar-refractivity contribution in [2.45, 2.75) is 0 Å². The highest BCUT2D eigenvalue weighted by atomic mass is 19.1. The lowest BCUT2D eigenvalue weighted by molar-refractivity contribution is -0.382. The molecule has 7 heteroatoms. The van der Waals surface area contributed by atoms with Crippen molar-refractivity contribution in [3.05, 3.63) is 34.2 Å². The van der Waals surface area contributed by atoms with E-state index < -0.39 is 28.8 Å². The maximum atomic E-state index is 12.7.